The van der Waals surface area contributed by atoms with Gasteiger partial charge in [0, 0.05) is 5.39 Å². The van der Waals surface area contributed by atoms with Gasteiger partial charge < -0.3 is 5.41 Å². The van der Waals surface area contributed by atoms with Crippen molar-refractivity contribution in [3.8, 4) is 6.07 Å². The number of hydrogen-bond donors (Lipinski definition) is 0. The van der Waals surface area contributed by atoms with Gasteiger partial charge in [0.1, 0.15) is 6.20 Å². The molecule has 0 N–H and O–H groups in total. The molecule has 15 heavy (non-hydrogen) atoms. The zero-order valence-electron chi connectivity index (χ0n) is 7.75. The van der Waals surface area contributed by atoms with Gasteiger partial charge in [0.25, 0.3) is 0 Å². The molecule has 0 aliphatic carbocycles. The van der Waals surface area contributed by atoms with Gasteiger partial charge >= 0.3 is 5.70 Å². The van der Waals surface area contributed by atoms with Gasteiger partial charge in [-0.3, -0.25) is 0 Å². The zero-order valence-corrected chi connectivity index (χ0v) is 7.75. The Balaban J connectivity index is 2.67. The van der Waals surface area contributed by atoms with Crippen molar-refractivity contribution in [1.29, 1.82) is 5.26 Å². The van der Waals surface area contributed by atoms with Crippen LogP contribution >= 0.6 is 0 Å². The quantitative estimate of drug-likeness (QED) is 0.388. The summed E-state index contributed by atoms with van der Waals surface area (Å²) >= 11 is 0. The highest BCUT2D eigenvalue weighted by Gasteiger charge is 2.09. The summed E-state index contributed by atoms with van der Waals surface area (Å²) in [7, 11) is 0. The SMILES string of the molecule is N#CC(=C=[N-])[n+]1cc2ccccc2cn1. The van der Waals surface area contributed by atoms with Gasteiger partial charge in [0.15, 0.2) is 6.07 Å². The predicted octanol–water partition coefficient (Wildman–Crippen LogP) is 1.13. The molecule has 1 heterocycles. The molecule has 0 radical (unpaired) electrons. The summed E-state index contributed by atoms with van der Waals surface area (Å²) in [6.07, 6.45) is 3.29. The summed E-state index contributed by atoms with van der Waals surface area (Å²) in [4.78, 5) is 0. The second kappa shape index (κ2) is 3.70. The van der Waals surface area contributed by atoms with Crippen LogP contribution in [0, 0.1) is 11.3 Å². The van der Waals surface area contributed by atoms with Crippen LogP contribution in [0.3, 0.4) is 0 Å². The van der Waals surface area contributed by atoms with E-state index >= 15 is 0 Å². The van der Waals surface area contributed by atoms with Gasteiger partial charge in [-0.25, -0.2) is 0 Å². The molecule has 4 nitrogen and oxygen atoms in total. The van der Waals surface area contributed by atoms with Crippen molar-refractivity contribution in [2.45, 2.75) is 0 Å². The zero-order chi connectivity index (χ0) is 10.7. The molecular formula is C11H6N4. The Labute approximate surface area is 86.2 Å². The maximum atomic E-state index is 8.68. The fraction of sp³-hybridized carbons (Fsp3) is 0. The number of allylic oxidation sites excluding steroid dienone is 1. The first-order valence-electron chi connectivity index (χ1n) is 4.29. The third-order valence-corrected chi connectivity index (χ3v) is 2.02. The van der Waals surface area contributed by atoms with Crippen molar-refractivity contribution < 1.29 is 4.68 Å². The van der Waals surface area contributed by atoms with Crippen LogP contribution in [0.2, 0.25) is 0 Å². The smallest absolute Gasteiger partial charge is 0.335 e. The third-order valence-electron chi connectivity index (χ3n) is 2.02. The molecule has 0 aliphatic rings. The van der Waals surface area contributed by atoms with Gasteiger partial charge in [-0.15, -0.1) is 0 Å². The summed E-state index contributed by atoms with van der Waals surface area (Å²) in [5.74, 6) is 1.79. The molecule has 1 aromatic carbocycles. The third kappa shape index (κ3) is 1.60. The fourth-order valence-electron chi connectivity index (χ4n) is 1.29. The van der Waals surface area contributed by atoms with Crippen LogP contribution in [0.25, 0.3) is 21.9 Å². The van der Waals surface area contributed by atoms with Crippen molar-refractivity contribution in [3.05, 3.63) is 42.1 Å². The van der Waals surface area contributed by atoms with Crippen LogP contribution in [-0.4, -0.2) is 11.0 Å². The van der Waals surface area contributed by atoms with E-state index in [1.165, 1.54) is 4.68 Å². The van der Waals surface area contributed by atoms with E-state index in [1.807, 2.05) is 24.3 Å². The van der Waals surface area contributed by atoms with Gasteiger partial charge in [-0.1, -0.05) is 18.2 Å². The molecule has 70 valence electrons. The fourth-order valence-corrected chi connectivity index (χ4v) is 1.29. The highest BCUT2D eigenvalue weighted by molar-refractivity contribution is 5.85. The Kier molecular flexibility index (Phi) is 2.24. The number of nitrogens with zero attached hydrogens (tertiary/aromatic N) is 4. The summed E-state index contributed by atoms with van der Waals surface area (Å²) in [5.41, 5.74) is -0.0410. The van der Waals surface area contributed by atoms with E-state index in [1.54, 1.807) is 24.3 Å². The molecule has 0 spiro atoms. The average Bonchev–Trinajstić information content (AvgIpc) is 2.30. The maximum absolute atomic E-state index is 8.68. The van der Waals surface area contributed by atoms with Crippen molar-refractivity contribution in [2.75, 3.05) is 0 Å². The van der Waals surface area contributed by atoms with Crippen molar-refractivity contribution in [1.82, 2.24) is 5.10 Å². The average molecular weight is 194 g/mol. The summed E-state index contributed by atoms with van der Waals surface area (Å²) in [5, 5.41) is 23.3. The van der Waals surface area contributed by atoms with Gasteiger partial charge in [-0.2, -0.15) is 11.1 Å². The Morgan fingerprint density at radius 1 is 1.33 bits per heavy atom. The lowest BCUT2D eigenvalue weighted by molar-refractivity contribution is -0.639. The van der Waals surface area contributed by atoms with Crippen LogP contribution in [0.1, 0.15) is 0 Å². The minimum absolute atomic E-state index is 0.0410. The molecule has 1 aromatic heterocycles. The van der Waals surface area contributed by atoms with Gasteiger partial charge in [-0.05, 0) is 15.8 Å². The number of hydrogen-bond acceptors (Lipinski definition) is 2. The molecule has 0 saturated heterocycles. The Morgan fingerprint density at radius 3 is 2.73 bits per heavy atom. The van der Waals surface area contributed by atoms with Gasteiger partial charge in [0.05, 0.1) is 5.39 Å². The Hall–Kier alpha value is -2.50. The number of aromatic nitrogens is 2. The molecule has 4 heteroatoms. The first-order chi connectivity index (χ1) is 7.35. The molecule has 2 aromatic rings. The number of nitriles is 1. The Morgan fingerprint density at radius 2 is 2.07 bits per heavy atom. The maximum Gasteiger partial charge on any atom is 0.335 e. The molecule has 0 atom stereocenters. The second-order valence-electron chi connectivity index (χ2n) is 2.92. The van der Waals surface area contributed by atoms with Crippen LogP contribution in [0.15, 0.2) is 36.7 Å². The minimum Gasteiger partial charge on any atom is -0.757 e. The van der Waals surface area contributed by atoms with Crippen LogP contribution in [0.4, 0.5) is 0 Å². The lowest BCUT2D eigenvalue weighted by Crippen LogP contribution is -2.35. The van der Waals surface area contributed by atoms with E-state index in [2.05, 4.69) is 5.10 Å². The molecule has 0 fully saturated rings. The molecular weight excluding hydrogens is 188 g/mol. The topological polar surface area (TPSA) is 62.9 Å². The number of rotatable bonds is 1. The summed E-state index contributed by atoms with van der Waals surface area (Å²) in [6.45, 7) is 0. The number of benzene rings is 1. The monoisotopic (exact) mass is 194 g/mol. The molecule has 0 amide bonds. The normalized spacial score (nSPS) is 9.27. The lowest BCUT2D eigenvalue weighted by Gasteiger charge is -1.93. The van der Waals surface area contributed by atoms with E-state index in [9.17, 15) is 0 Å². The van der Waals surface area contributed by atoms with Crippen molar-refractivity contribution in [2.24, 2.45) is 0 Å². The van der Waals surface area contributed by atoms with E-state index in [4.69, 9.17) is 10.7 Å². The highest BCUT2D eigenvalue weighted by Crippen LogP contribution is 2.08. The highest BCUT2D eigenvalue weighted by atomic mass is 15.3. The molecule has 0 bridgehead atoms. The molecule has 0 unspecified atom stereocenters. The lowest BCUT2D eigenvalue weighted by atomic mass is 10.2. The van der Waals surface area contributed by atoms with Crippen LogP contribution < -0.4 is 4.68 Å². The summed E-state index contributed by atoms with van der Waals surface area (Å²) in [6, 6.07) is 9.42. The summed E-state index contributed by atoms with van der Waals surface area (Å²) < 4.78 is 1.28. The second-order valence-corrected chi connectivity index (χ2v) is 2.92. The standard InChI is InChI=1S/C11H6N4/c12-5-11(6-13)15-8-10-4-2-1-3-9(10)7-14-15/h1-4,7-8H. The van der Waals surface area contributed by atoms with E-state index in [0.29, 0.717) is 0 Å². The molecule has 0 saturated carbocycles. The minimum atomic E-state index is -0.0410. The Bertz CT molecular complexity index is 603. The van der Waals surface area contributed by atoms with Gasteiger partial charge in [0.2, 0.25) is 6.20 Å². The first-order valence-corrected chi connectivity index (χ1v) is 4.29. The van der Waals surface area contributed by atoms with E-state index in [-0.39, 0.29) is 5.70 Å². The van der Waals surface area contributed by atoms with Crippen LogP contribution in [0.5, 0.6) is 0 Å². The number of fused-ring (bicyclic) bond motifs is 1. The van der Waals surface area contributed by atoms with E-state index in [0.717, 1.165) is 10.8 Å². The van der Waals surface area contributed by atoms with Crippen molar-refractivity contribution >= 4 is 22.3 Å². The predicted molar refractivity (Wildman–Crippen MR) is 55.6 cm³/mol. The van der Waals surface area contributed by atoms with E-state index < -0.39 is 0 Å². The van der Waals surface area contributed by atoms with Crippen LogP contribution in [-0.2, 0) is 0 Å². The molecule has 2 rings (SSSR count). The first kappa shape index (κ1) is 9.07. The van der Waals surface area contributed by atoms with Crippen molar-refractivity contribution in [3.63, 3.8) is 0 Å². The largest absolute Gasteiger partial charge is 0.757 e. The molecule has 0 aliphatic heterocycles.